The third-order valence-electron chi connectivity index (χ3n) is 3.51. The number of nitrogens with one attached hydrogen (secondary N) is 2. The molecule has 1 aliphatic rings. The van der Waals surface area contributed by atoms with Crippen molar-refractivity contribution in [2.45, 2.75) is 37.9 Å². The number of hydrogen-bond acceptors (Lipinski definition) is 4. The van der Waals surface area contributed by atoms with E-state index in [0.29, 0.717) is 40.8 Å². The van der Waals surface area contributed by atoms with Gasteiger partial charge in [-0.2, -0.15) is 13.2 Å². The van der Waals surface area contributed by atoms with Crippen LogP contribution in [-0.4, -0.2) is 23.5 Å². The van der Waals surface area contributed by atoms with E-state index in [2.05, 4.69) is 15.6 Å². The Morgan fingerprint density at radius 2 is 2.13 bits per heavy atom. The number of carbonyl (C=O) groups is 1. The molecular formula is C15H16F3N3OS. The van der Waals surface area contributed by atoms with Crippen molar-refractivity contribution in [1.82, 2.24) is 10.3 Å². The summed E-state index contributed by atoms with van der Waals surface area (Å²) in [7, 11) is 0. The number of benzene rings is 1. The van der Waals surface area contributed by atoms with E-state index < -0.39 is 11.7 Å². The molecule has 1 saturated carbocycles. The van der Waals surface area contributed by atoms with Gasteiger partial charge >= 0.3 is 6.18 Å². The first-order valence-corrected chi connectivity index (χ1v) is 8.24. The lowest BCUT2D eigenvalue weighted by Crippen LogP contribution is -2.25. The van der Waals surface area contributed by atoms with E-state index in [0.717, 1.165) is 25.0 Å². The Hall–Kier alpha value is -1.83. The number of amides is 1. The van der Waals surface area contributed by atoms with Crippen LogP contribution >= 0.6 is 11.3 Å². The molecule has 0 spiro atoms. The van der Waals surface area contributed by atoms with Crippen LogP contribution in [0.5, 0.6) is 0 Å². The molecule has 0 bridgehead atoms. The predicted molar refractivity (Wildman–Crippen MR) is 83.5 cm³/mol. The van der Waals surface area contributed by atoms with Crippen molar-refractivity contribution in [3.05, 3.63) is 23.8 Å². The zero-order valence-corrected chi connectivity index (χ0v) is 13.1. The zero-order chi connectivity index (χ0) is 16.4. The van der Waals surface area contributed by atoms with Crippen molar-refractivity contribution in [3.63, 3.8) is 0 Å². The number of hydrogen-bond donors (Lipinski definition) is 2. The summed E-state index contributed by atoms with van der Waals surface area (Å²) in [6, 6.07) is 3.92. The van der Waals surface area contributed by atoms with E-state index in [1.54, 1.807) is 0 Å². The van der Waals surface area contributed by atoms with Crippen molar-refractivity contribution in [2.75, 3.05) is 11.9 Å². The summed E-state index contributed by atoms with van der Waals surface area (Å²) in [5.74, 6) is 0.0495. The highest BCUT2D eigenvalue weighted by Crippen LogP contribution is 2.33. The van der Waals surface area contributed by atoms with Gasteiger partial charge in [-0.1, -0.05) is 11.3 Å². The number of nitrogens with zero attached hydrogens (tertiary/aromatic N) is 1. The molecule has 0 atom stereocenters. The molecule has 1 aliphatic carbocycles. The van der Waals surface area contributed by atoms with Gasteiger partial charge in [0.15, 0.2) is 5.13 Å². The molecule has 4 nitrogen and oxygen atoms in total. The van der Waals surface area contributed by atoms with E-state index in [-0.39, 0.29) is 5.91 Å². The van der Waals surface area contributed by atoms with Gasteiger partial charge in [0.2, 0.25) is 5.91 Å². The number of fused-ring (bicyclic) bond motifs is 1. The summed E-state index contributed by atoms with van der Waals surface area (Å²) in [4.78, 5) is 15.7. The average Bonchev–Trinajstić information content (AvgIpc) is 3.18. The summed E-state index contributed by atoms with van der Waals surface area (Å²) in [5, 5.41) is 6.54. The summed E-state index contributed by atoms with van der Waals surface area (Å²) in [6.45, 7) is 0.560. The minimum absolute atomic E-state index is 0.0495. The second-order valence-electron chi connectivity index (χ2n) is 5.57. The highest BCUT2D eigenvalue weighted by Gasteiger charge is 2.30. The fourth-order valence-corrected chi connectivity index (χ4v) is 3.02. The molecule has 23 heavy (non-hydrogen) atoms. The smallest absolute Gasteiger partial charge is 0.361 e. The van der Waals surface area contributed by atoms with Crippen LogP contribution in [0.4, 0.5) is 18.3 Å². The molecule has 1 fully saturated rings. The third-order valence-corrected chi connectivity index (χ3v) is 4.51. The van der Waals surface area contributed by atoms with Crippen LogP contribution in [0.25, 0.3) is 10.2 Å². The highest BCUT2D eigenvalue weighted by molar-refractivity contribution is 7.22. The highest BCUT2D eigenvalue weighted by atomic mass is 32.1. The van der Waals surface area contributed by atoms with Gasteiger partial charge in [0, 0.05) is 19.0 Å². The van der Waals surface area contributed by atoms with E-state index in [1.807, 2.05) is 0 Å². The largest absolute Gasteiger partial charge is 0.416 e. The number of halogens is 3. The van der Waals surface area contributed by atoms with Crippen LogP contribution in [0.15, 0.2) is 18.2 Å². The second kappa shape index (κ2) is 6.35. The number of anilines is 1. The molecule has 0 saturated heterocycles. The van der Waals surface area contributed by atoms with Crippen LogP contribution < -0.4 is 10.6 Å². The Bertz CT molecular complexity index is 710. The van der Waals surface area contributed by atoms with Crippen LogP contribution in [0.2, 0.25) is 0 Å². The lowest BCUT2D eigenvalue weighted by molar-refractivity contribution is -0.137. The van der Waals surface area contributed by atoms with E-state index in [9.17, 15) is 18.0 Å². The third kappa shape index (κ3) is 4.34. The first-order valence-electron chi connectivity index (χ1n) is 7.43. The number of alkyl halides is 3. The van der Waals surface area contributed by atoms with Crippen LogP contribution in [-0.2, 0) is 11.0 Å². The van der Waals surface area contributed by atoms with Gasteiger partial charge in [-0.3, -0.25) is 4.79 Å². The molecule has 1 aromatic carbocycles. The molecule has 2 aromatic rings. The summed E-state index contributed by atoms with van der Waals surface area (Å²) < 4.78 is 38.7. The molecular weight excluding hydrogens is 327 g/mol. The number of carbonyl (C=O) groups excluding carboxylic acids is 1. The monoisotopic (exact) mass is 343 g/mol. The standard InChI is InChI=1S/C15H16F3N3OS/c16-15(17,18)9-3-6-12-11(8-9)21-14(23-12)19-7-1-2-13(22)20-10-4-5-10/h3,6,8,10H,1-2,4-5,7H2,(H,19,21)(H,20,22). The van der Waals surface area contributed by atoms with E-state index in [1.165, 1.54) is 17.4 Å². The molecule has 0 aliphatic heterocycles. The Morgan fingerprint density at radius 1 is 1.35 bits per heavy atom. The summed E-state index contributed by atoms with van der Waals surface area (Å²) >= 11 is 1.31. The van der Waals surface area contributed by atoms with Crippen LogP contribution in [0.3, 0.4) is 0 Å². The molecule has 1 amide bonds. The molecule has 0 unspecified atom stereocenters. The topological polar surface area (TPSA) is 54.0 Å². The lowest BCUT2D eigenvalue weighted by atomic mass is 10.2. The van der Waals surface area contributed by atoms with Crippen molar-refractivity contribution in [1.29, 1.82) is 0 Å². The fourth-order valence-electron chi connectivity index (χ4n) is 2.15. The Balaban J connectivity index is 1.52. The van der Waals surface area contributed by atoms with Gasteiger partial charge < -0.3 is 10.6 Å². The molecule has 1 heterocycles. The zero-order valence-electron chi connectivity index (χ0n) is 12.2. The maximum Gasteiger partial charge on any atom is 0.416 e. The predicted octanol–water partition coefficient (Wildman–Crippen LogP) is 3.79. The molecule has 2 N–H and O–H groups in total. The second-order valence-corrected chi connectivity index (χ2v) is 6.60. The fraction of sp³-hybridized carbons (Fsp3) is 0.467. The first-order chi connectivity index (χ1) is 10.9. The van der Waals surface area contributed by atoms with Gasteiger partial charge in [0.25, 0.3) is 0 Å². The lowest BCUT2D eigenvalue weighted by Gasteiger charge is -2.04. The van der Waals surface area contributed by atoms with Crippen molar-refractivity contribution >= 4 is 32.6 Å². The minimum Gasteiger partial charge on any atom is -0.361 e. The molecule has 124 valence electrons. The Morgan fingerprint density at radius 3 is 2.83 bits per heavy atom. The average molecular weight is 343 g/mol. The van der Waals surface area contributed by atoms with Crippen molar-refractivity contribution in [2.24, 2.45) is 0 Å². The molecule has 8 heteroatoms. The Labute approximate surface area is 135 Å². The SMILES string of the molecule is O=C(CCCNc1nc2cc(C(F)(F)F)ccc2s1)NC1CC1. The first kappa shape index (κ1) is 16.0. The van der Waals surface area contributed by atoms with Gasteiger partial charge in [-0.05, 0) is 37.5 Å². The van der Waals surface area contributed by atoms with E-state index >= 15 is 0 Å². The molecule has 3 rings (SSSR count). The number of thiazole rings is 1. The molecule has 1 aromatic heterocycles. The summed E-state index contributed by atoms with van der Waals surface area (Å²) in [5.41, 5.74) is -0.364. The van der Waals surface area contributed by atoms with Gasteiger partial charge in [0.1, 0.15) is 0 Å². The molecule has 0 radical (unpaired) electrons. The Kier molecular flexibility index (Phi) is 4.43. The van der Waals surface area contributed by atoms with E-state index in [4.69, 9.17) is 0 Å². The minimum atomic E-state index is -4.36. The summed E-state index contributed by atoms with van der Waals surface area (Å²) in [6.07, 6.45) is -1.14. The quantitative estimate of drug-likeness (QED) is 0.785. The van der Waals surface area contributed by atoms with Gasteiger partial charge in [0.05, 0.1) is 15.8 Å². The van der Waals surface area contributed by atoms with Crippen molar-refractivity contribution in [3.8, 4) is 0 Å². The van der Waals surface area contributed by atoms with Crippen LogP contribution in [0, 0.1) is 0 Å². The van der Waals surface area contributed by atoms with Gasteiger partial charge in [-0.25, -0.2) is 4.98 Å². The van der Waals surface area contributed by atoms with Crippen molar-refractivity contribution < 1.29 is 18.0 Å². The maximum atomic E-state index is 12.7. The number of aromatic nitrogens is 1. The maximum absolute atomic E-state index is 12.7. The normalized spacial score (nSPS) is 14.9. The van der Waals surface area contributed by atoms with Crippen LogP contribution in [0.1, 0.15) is 31.2 Å². The van der Waals surface area contributed by atoms with Gasteiger partial charge in [-0.15, -0.1) is 0 Å². The number of rotatable bonds is 6.